The van der Waals surface area contributed by atoms with Gasteiger partial charge in [-0.25, -0.2) is 0 Å². The summed E-state index contributed by atoms with van der Waals surface area (Å²) < 4.78 is 5.55. The SMILES string of the molecule is CCCOc1ccc(Cl)cc1N(C)CC(=O)O. The van der Waals surface area contributed by atoms with Crippen LogP contribution >= 0.6 is 11.6 Å². The molecule has 1 aromatic rings. The standard InChI is InChI=1S/C12H16ClNO3/c1-3-6-17-11-5-4-9(13)7-10(11)14(2)8-12(15)16/h4-5,7H,3,6,8H2,1-2H3,(H,15,16). The summed E-state index contributed by atoms with van der Waals surface area (Å²) in [6.45, 7) is 2.51. The third-order valence-electron chi connectivity index (χ3n) is 2.17. The van der Waals surface area contributed by atoms with Gasteiger partial charge in [0.25, 0.3) is 0 Å². The molecule has 0 unspecified atom stereocenters. The van der Waals surface area contributed by atoms with E-state index in [9.17, 15) is 4.79 Å². The number of carboxylic acids is 1. The number of rotatable bonds is 6. The van der Waals surface area contributed by atoms with Crippen LogP contribution < -0.4 is 9.64 Å². The number of hydrogen-bond acceptors (Lipinski definition) is 3. The number of carbonyl (C=O) groups is 1. The van der Waals surface area contributed by atoms with E-state index < -0.39 is 5.97 Å². The molecule has 0 radical (unpaired) electrons. The molecule has 5 heteroatoms. The number of anilines is 1. The highest BCUT2D eigenvalue weighted by molar-refractivity contribution is 6.30. The van der Waals surface area contributed by atoms with Crippen LogP contribution in [-0.4, -0.2) is 31.3 Å². The van der Waals surface area contributed by atoms with E-state index in [2.05, 4.69) is 0 Å². The second kappa shape index (κ2) is 6.35. The van der Waals surface area contributed by atoms with E-state index in [1.807, 2.05) is 6.92 Å². The molecular formula is C12H16ClNO3. The lowest BCUT2D eigenvalue weighted by molar-refractivity contribution is -0.135. The van der Waals surface area contributed by atoms with Gasteiger partial charge in [-0.05, 0) is 24.6 Å². The summed E-state index contributed by atoms with van der Waals surface area (Å²) >= 11 is 5.90. The molecule has 17 heavy (non-hydrogen) atoms. The van der Waals surface area contributed by atoms with Crippen molar-refractivity contribution in [3.05, 3.63) is 23.2 Å². The first-order chi connectivity index (χ1) is 8.04. The van der Waals surface area contributed by atoms with E-state index in [0.717, 1.165) is 6.42 Å². The molecule has 1 rings (SSSR count). The van der Waals surface area contributed by atoms with Crippen molar-refractivity contribution in [3.63, 3.8) is 0 Å². The summed E-state index contributed by atoms with van der Waals surface area (Å²) in [7, 11) is 1.69. The van der Waals surface area contributed by atoms with Crippen molar-refractivity contribution in [2.45, 2.75) is 13.3 Å². The van der Waals surface area contributed by atoms with Gasteiger partial charge >= 0.3 is 5.97 Å². The average molecular weight is 258 g/mol. The van der Waals surface area contributed by atoms with Gasteiger partial charge in [0.15, 0.2) is 0 Å². The highest BCUT2D eigenvalue weighted by atomic mass is 35.5. The van der Waals surface area contributed by atoms with Crippen LogP contribution in [0, 0.1) is 0 Å². The maximum absolute atomic E-state index is 10.7. The van der Waals surface area contributed by atoms with Crippen molar-refractivity contribution in [1.29, 1.82) is 0 Å². The van der Waals surface area contributed by atoms with Crippen molar-refractivity contribution >= 4 is 23.3 Å². The average Bonchev–Trinajstić information content (AvgIpc) is 2.26. The zero-order chi connectivity index (χ0) is 12.8. The van der Waals surface area contributed by atoms with Crippen LogP contribution in [-0.2, 0) is 4.79 Å². The van der Waals surface area contributed by atoms with Crippen LogP contribution in [0.25, 0.3) is 0 Å². The Morgan fingerprint density at radius 1 is 1.53 bits per heavy atom. The van der Waals surface area contributed by atoms with Gasteiger partial charge < -0.3 is 14.7 Å². The summed E-state index contributed by atoms with van der Waals surface area (Å²) in [5.74, 6) is -0.242. The molecular weight excluding hydrogens is 242 g/mol. The van der Waals surface area contributed by atoms with Crippen molar-refractivity contribution < 1.29 is 14.6 Å². The molecule has 1 aromatic carbocycles. The third-order valence-corrected chi connectivity index (χ3v) is 2.40. The van der Waals surface area contributed by atoms with Crippen molar-refractivity contribution in [2.24, 2.45) is 0 Å². The van der Waals surface area contributed by atoms with E-state index >= 15 is 0 Å². The van der Waals surface area contributed by atoms with E-state index in [1.165, 1.54) is 0 Å². The van der Waals surface area contributed by atoms with Gasteiger partial charge in [0.1, 0.15) is 12.3 Å². The molecule has 0 saturated heterocycles. The van der Waals surface area contributed by atoms with Gasteiger partial charge in [-0.2, -0.15) is 0 Å². The van der Waals surface area contributed by atoms with Crippen LogP contribution in [0.2, 0.25) is 5.02 Å². The van der Waals surface area contributed by atoms with Gasteiger partial charge in [-0.15, -0.1) is 0 Å². The van der Waals surface area contributed by atoms with Crippen LogP contribution in [0.15, 0.2) is 18.2 Å². The summed E-state index contributed by atoms with van der Waals surface area (Å²) in [5.41, 5.74) is 0.688. The topological polar surface area (TPSA) is 49.8 Å². The van der Waals surface area contributed by atoms with Crippen LogP contribution in [0.1, 0.15) is 13.3 Å². The molecule has 0 aromatic heterocycles. The molecule has 0 aliphatic heterocycles. The Bertz CT molecular complexity index is 395. The second-order valence-electron chi connectivity index (χ2n) is 3.71. The van der Waals surface area contributed by atoms with Crippen LogP contribution in [0.3, 0.4) is 0 Å². The number of ether oxygens (including phenoxy) is 1. The molecule has 0 heterocycles. The third kappa shape index (κ3) is 4.15. The zero-order valence-electron chi connectivity index (χ0n) is 9.94. The molecule has 0 bridgehead atoms. The smallest absolute Gasteiger partial charge is 0.323 e. The lowest BCUT2D eigenvalue weighted by Crippen LogP contribution is -2.25. The van der Waals surface area contributed by atoms with Crippen molar-refractivity contribution in [1.82, 2.24) is 0 Å². The van der Waals surface area contributed by atoms with Gasteiger partial charge in [-0.3, -0.25) is 4.79 Å². The Morgan fingerprint density at radius 2 is 2.24 bits per heavy atom. The highest BCUT2D eigenvalue weighted by Crippen LogP contribution is 2.30. The molecule has 0 saturated carbocycles. The van der Waals surface area contributed by atoms with Gasteiger partial charge in [-0.1, -0.05) is 18.5 Å². The summed E-state index contributed by atoms with van der Waals surface area (Å²) in [6.07, 6.45) is 0.894. The fourth-order valence-corrected chi connectivity index (χ4v) is 1.58. The minimum Gasteiger partial charge on any atom is -0.491 e. The first-order valence-electron chi connectivity index (χ1n) is 5.40. The number of carboxylic acid groups (broad SMARTS) is 1. The summed E-state index contributed by atoms with van der Waals surface area (Å²) in [6, 6.07) is 5.19. The number of likely N-dealkylation sites (N-methyl/N-ethyl adjacent to an activating group) is 1. The lowest BCUT2D eigenvalue weighted by atomic mass is 10.2. The molecule has 1 N–H and O–H groups in total. The molecule has 0 atom stereocenters. The maximum Gasteiger partial charge on any atom is 0.323 e. The van der Waals surface area contributed by atoms with Gasteiger partial charge in [0.05, 0.1) is 12.3 Å². The van der Waals surface area contributed by atoms with Crippen LogP contribution in [0.4, 0.5) is 5.69 Å². The quantitative estimate of drug-likeness (QED) is 0.851. The van der Waals surface area contributed by atoms with Gasteiger partial charge in [0.2, 0.25) is 0 Å². The molecule has 4 nitrogen and oxygen atoms in total. The number of hydrogen-bond donors (Lipinski definition) is 1. The fraction of sp³-hybridized carbons (Fsp3) is 0.417. The van der Waals surface area contributed by atoms with E-state index in [0.29, 0.717) is 23.1 Å². The van der Waals surface area contributed by atoms with Crippen LogP contribution in [0.5, 0.6) is 5.75 Å². The predicted octanol–water partition coefficient (Wildman–Crippen LogP) is 2.65. The Hall–Kier alpha value is -1.42. The maximum atomic E-state index is 10.7. The first-order valence-corrected chi connectivity index (χ1v) is 5.77. The molecule has 0 spiro atoms. The summed E-state index contributed by atoms with van der Waals surface area (Å²) in [4.78, 5) is 12.3. The van der Waals surface area contributed by atoms with E-state index in [4.69, 9.17) is 21.4 Å². The Balaban J connectivity index is 2.93. The number of nitrogens with zero attached hydrogens (tertiary/aromatic N) is 1. The second-order valence-corrected chi connectivity index (χ2v) is 4.15. The minimum absolute atomic E-state index is 0.0944. The largest absolute Gasteiger partial charge is 0.491 e. The number of aliphatic carboxylic acids is 1. The van der Waals surface area contributed by atoms with Gasteiger partial charge in [0, 0.05) is 12.1 Å². The normalized spacial score (nSPS) is 10.1. The Kier molecular flexibility index (Phi) is 5.10. The minimum atomic E-state index is -0.895. The van der Waals surface area contributed by atoms with Crippen molar-refractivity contribution in [3.8, 4) is 5.75 Å². The molecule has 0 fully saturated rings. The molecule has 0 amide bonds. The predicted molar refractivity (Wildman–Crippen MR) is 68.1 cm³/mol. The Labute approximate surface area is 106 Å². The molecule has 0 aliphatic carbocycles. The van der Waals surface area contributed by atoms with E-state index in [-0.39, 0.29) is 6.54 Å². The number of halogens is 1. The monoisotopic (exact) mass is 257 g/mol. The Morgan fingerprint density at radius 3 is 2.82 bits per heavy atom. The fourth-order valence-electron chi connectivity index (χ4n) is 1.41. The number of benzene rings is 1. The lowest BCUT2D eigenvalue weighted by Gasteiger charge is -2.20. The zero-order valence-corrected chi connectivity index (χ0v) is 10.7. The first kappa shape index (κ1) is 13.6. The van der Waals surface area contributed by atoms with Crippen molar-refractivity contribution in [2.75, 3.05) is 25.1 Å². The van der Waals surface area contributed by atoms with E-state index in [1.54, 1.807) is 30.1 Å². The summed E-state index contributed by atoms with van der Waals surface area (Å²) in [5, 5.41) is 9.32. The molecule has 0 aliphatic rings. The highest BCUT2D eigenvalue weighted by Gasteiger charge is 2.12. The molecule has 94 valence electrons.